The van der Waals surface area contributed by atoms with Crippen LogP contribution in [0.3, 0.4) is 0 Å². The number of nitrogens with zero attached hydrogens (tertiary/aromatic N) is 2. The molecule has 3 aromatic rings. The van der Waals surface area contributed by atoms with Gasteiger partial charge < -0.3 is 9.64 Å². The molecule has 4 nitrogen and oxygen atoms in total. The van der Waals surface area contributed by atoms with Gasteiger partial charge in [-0.15, -0.1) is 0 Å². The van der Waals surface area contributed by atoms with Crippen molar-refractivity contribution in [3.8, 4) is 11.5 Å². The number of rotatable bonds is 8. The highest BCUT2D eigenvalue weighted by molar-refractivity contribution is 5.97. The molecular formula is C31H30N2O2. The predicted octanol–water partition coefficient (Wildman–Crippen LogP) is 6.98. The molecule has 35 heavy (non-hydrogen) atoms. The van der Waals surface area contributed by atoms with Crippen molar-refractivity contribution in [2.45, 2.75) is 31.7 Å². The van der Waals surface area contributed by atoms with E-state index in [9.17, 15) is 4.79 Å². The molecule has 5 rings (SSSR count). The van der Waals surface area contributed by atoms with E-state index < -0.39 is 5.54 Å². The van der Waals surface area contributed by atoms with Crippen LogP contribution in [0.4, 0.5) is 5.69 Å². The highest BCUT2D eigenvalue weighted by Crippen LogP contribution is 2.35. The summed E-state index contributed by atoms with van der Waals surface area (Å²) in [6.07, 6.45) is 10.2. The number of anilines is 1. The Morgan fingerprint density at radius 2 is 1.71 bits per heavy atom. The number of aliphatic imine (C=N–C) groups is 1. The number of benzene rings is 3. The third-order valence-corrected chi connectivity index (χ3v) is 6.69. The Balaban J connectivity index is 1.25. The lowest BCUT2D eigenvalue weighted by molar-refractivity contribution is -0.122. The molecule has 0 aromatic heterocycles. The van der Waals surface area contributed by atoms with Crippen molar-refractivity contribution in [1.82, 2.24) is 0 Å². The van der Waals surface area contributed by atoms with Crippen molar-refractivity contribution in [2.75, 3.05) is 18.0 Å². The first-order valence-electron chi connectivity index (χ1n) is 12.3. The van der Waals surface area contributed by atoms with Gasteiger partial charge in [-0.25, -0.2) is 0 Å². The van der Waals surface area contributed by atoms with E-state index in [0.29, 0.717) is 6.42 Å². The van der Waals surface area contributed by atoms with E-state index in [2.05, 4.69) is 52.4 Å². The van der Waals surface area contributed by atoms with Gasteiger partial charge >= 0.3 is 0 Å². The maximum atomic E-state index is 12.8. The second-order valence-corrected chi connectivity index (χ2v) is 8.99. The standard InChI is InChI=1S/C31H30N2O2/c1-2-7-30(34)31(20-6-21-32-31)26-12-14-27(15-13-26)33-22-18-25(19-23-33)24-10-16-29(17-11-24)35-28-8-4-3-5-9-28/h3-6,8-18,20-21H,2,7,19,22-23H2,1H3. The Hall–Kier alpha value is -3.92. The topological polar surface area (TPSA) is 41.9 Å². The van der Waals surface area contributed by atoms with Gasteiger partial charge in [-0.3, -0.25) is 9.79 Å². The third-order valence-electron chi connectivity index (χ3n) is 6.69. The Morgan fingerprint density at radius 3 is 2.34 bits per heavy atom. The van der Waals surface area contributed by atoms with Crippen LogP contribution in [0.1, 0.15) is 37.3 Å². The molecule has 0 saturated carbocycles. The molecule has 4 heteroatoms. The third kappa shape index (κ3) is 4.83. The monoisotopic (exact) mass is 462 g/mol. The molecule has 0 saturated heterocycles. The summed E-state index contributed by atoms with van der Waals surface area (Å²) in [7, 11) is 0. The molecule has 1 unspecified atom stereocenters. The molecule has 0 aliphatic carbocycles. The smallest absolute Gasteiger partial charge is 0.168 e. The molecule has 0 radical (unpaired) electrons. The summed E-state index contributed by atoms with van der Waals surface area (Å²) in [5, 5.41) is 0. The van der Waals surface area contributed by atoms with Gasteiger partial charge in [-0.05, 0) is 78.1 Å². The van der Waals surface area contributed by atoms with Gasteiger partial charge in [0, 0.05) is 31.4 Å². The van der Waals surface area contributed by atoms with E-state index in [1.807, 2.05) is 61.5 Å². The molecule has 0 bridgehead atoms. The SMILES string of the molecule is CCCC(=O)C1(c2ccc(N3CC=C(c4ccc(Oc5ccccc5)cc4)CC3)cc2)C=CC=N1. The van der Waals surface area contributed by atoms with Gasteiger partial charge in [0.1, 0.15) is 11.5 Å². The van der Waals surface area contributed by atoms with Crippen LogP contribution in [0.25, 0.3) is 5.57 Å². The normalized spacial score (nSPS) is 19.0. The second kappa shape index (κ2) is 10.1. The van der Waals surface area contributed by atoms with Gasteiger partial charge in [0.2, 0.25) is 0 Å². The molecule has 2 aliphatic heterocycles. The summed E-state index contributed by atoms with van der Waals surface area (Å²) in [4.78, 5) is 19.8. The lowest BCUT2D eigenvalue weighted by atomic mass is 9.84. The summed E-state index contributed by atoms with van der Waals surface area (Å²) >= 11 is 0. The minimum atomic E-state index is -0.847. The van der Waals surface area contributed by atoms with Crippen LogP contribution in [0.15, 0.2) is 102 Å². The Morgan fingerprint density at radius 1 is 0.971 bits per heavy atom. The van der Waals surface area contributed by atoms with Gasteiger partial charge in [-0.1, -0.05) is 55.5 Å². The van der Waals surface area contributed by atoms with Crippen molar-refractivity contribution in [1.29, 1.82) is 0 Å². The Kier molecular flexibility index (Phi) is 6.62. The van der Waals surface area contributed by atoms with E-state index in [0.717, 1.165) is 43.0 Å². The summed E-state index contributed by atoms with van der Waals surface area (Å²) in [5.41, 5.74) is 3.86. The zero-order valence-electron chi connectivity index (χ0n) is 20.1. The Labute approximate surface area is 207 Å². The zero-order valence-corrected chi connectivity index (χ0v) is 20.1. The number of hydrogen-bond acceptors (Lipinski definition) is 4. The number of para-hydroxylation sites is 1. The average Bonchev–Trinajstić information content (AvgIpc) is 3.42. The largest absolute Gasteiger partial charge is 0.457 e. The highest BCUT2D eigenvalue weighted by Gasteiger charge is 2.37. The van der Waals surface area contributed by atoms with Gasteiger partial charge in [0.25, 0.3) is 0 Å². The van der Waals surface area contributed by atoms with Crippen molar-refractivity contribution < 1.29 is 9.53 Å². The summed E-state index contributed by atoms with van der Waals surface area (Å²) < 4.78 is 5.92. The van der Waals surface area contributed by atoms with E-state index >= 15 is 0 Å². The first-order chi connectivity index (χ1) is 17.2. The number of ketones is 1. The molecule has 0 fully saturated rings. The lowest BCUT2D eigenvalue weighted by Gasteiger charge is -2.30. The predicted molar refractivity (Wildman–Crippen MR) is 143 cm³/mol. The van der Waals surface area contributed by atoms with E-state index in [4.69, 9.17) is 4.74 Å². The van der Waals surface area contributed by atoms with Crippen LogP contribution in [0.5, 0.6) is 11.5 Å². The van der Waals surface area contributed by atoms with Crippen LogP contribution >= 0.6 is 0 Å². The Bertz CT molecular complexity index is 1240. The van der Waals surface area contributed by atoms with E-state index in [-0.39, 0.29) is 5.78 Å². The molecule has 1 atom stereocenters. The fourth-order valence-corrected chi connectivity index (χ4v) is 4.75. The van der Waals surface area contributed by atoms with E-state index in [1.54, 1.807) is 6.21 Å². The maximum absolute atomic E-state index is 12.8. The van der Waals surface area contributed by atoms with Crippen molar-refractivity contribution in [2.24, 2.45) is 4.99 Å². The first-order valence-corrected chi connectivity index (χ1v) is 12.3. The second-order valence-electron chi connectivity index (χ2n) is 8.99. The molecule has 0 N–H and O–H groups in total. The number of Topliss-reactive ketones (excluding diaryl/α,β-unsaturated/α-hetero) is 1. The average molecular weight is 463 g/mol. The molecule has 0 spiro atoms. The van der Waals surface area contributed by atoms with Crippen LogP contribution in [-0.2, 0) is 10.3 Å². The van der Waals surface area contributed by atoms with Crippen LogP contribution < -0.4 is 9.64 Å². The van der Waals surface area contributed by atoms with Gasteiger partial charge in [-0.2, -0.15) is 0 Å². The highest BCUT2D eigenvalue weighted by atomic mass is 16.5. The summed E-state index contributed by atoms with van der Waals surface area (Å²) in [5.74, 6) is 1.84. The van der Waals surface area contributed by atoms with E-state index in [1.165, 1.54) is 16.8 Å². The van der Waals surface area contributed by atoms with Crippen LogP contribution in [-0.4, -0.2) is 25.1 Å². The zero-order chi connectivity index (χ0) is 24.1. The molecule has 0 amide bonds. The summed E-state index contributed by atoms with van der Waals surface area (Å²) in [6, 6.07) is 26.5. The van der Waals surface area contributed by atoms with Crippen molar-refractivity contribution in [3.05, 3.63) is 108 Å². The van der Waals surface area contributed by atoms with Crippen molar-refractivity contribution >= 4 is 23.3 Å². The minimum Gasteiger partial charge on any atom is -0.457 e. The summed E-state index contributed by atoms with van der Waals surface area (Å²) in [6.45, 7) is 3.84. The molecule has 2 aliphatic rings. The molecular weight excluding hydrogens is 432 g/mol. The van der Waals surface area contributed by atoms with Crippen LogP contribution in [0.2, 0.25) is 0 Å². The minimum absolute atomic E-state index is 0.156. The number of carbonyl (C=O) groups excluding carboxylic acids is 1. The quantitative estimate of drug-likeness (QED) is 0.363. The maximum Gasteiger partial charge on any atom is 0.168 e. The van der Waals surface area contributed by atoms with Crippen LogP contribution in [0, 0.1) is 0 Å². The lowest BCUT2D eigenvalue weighted by Crippen LogP contribution is -2.31. The molecule has 3 aromatic carbocycles. The van der Waals surface area contributed by atoms with Gasteiger partial charge in [0.05, 0.1) is 0 Å². The number of ether oxygens (including phenoxy) is 1. The van der Waals surface area contributed by atoms with Crippen molar-refractivity contribution in [3.63, 3.8) is 0 Å². The van der Waals surface area contributed by atoms with Gasteiger partial charge in [0.15, 0.2) is 11.3 Å². The fourth-order valence-electron chi connectivity index (χ4n) is 4.75. The number of allylic oxidation sites excluding steroid dienone is 1. The fraction of sp³-hybridized carbons (Fsp3) is 0.226. The number of carbonyl (C=O) groups is 1. The first kappa shape index (κ1) is 22.9. The molecule has 2 heterocycles. The molecule has 176 valence electrons. The number of hydrogen-bond donors (Lipinski definition) is 0.